The zero-order chi connectivity index (χ0) is 19.6. The second-order valence-corrected chi connectivity index (χ2v) is 6.02. The third-order valence-electron chi connectivity index (χ3n) is 4.01. The van der Waals surface area contributed by atoms with Gasteiger partial charge in [-0.05, 0) is 19.4 Å². The summed E-state index contributed by atoms with van der Waals surface area (Å²) in [4.78, 5) is 37.7. The van der Waals surface area contributed by atoms with Crippen LogP contribution in [0.25, 0.3) is 6.08 Å². The number of aryl methyl sites for hydroxylation is 2. The Kier molecular flexibility index (Phi) is 4.89. The molecule has 0 radical (unpaired) electrons. The van der Waals surface area contributed by atoms with Gasteiger partial charge in [-0.3, -0.25) is 9.59 Å². The standard InChI is InChI=1S/C19H18N4O4/c1-10-20-16(24)14(17(25)21-10)13(9-8-12-6-4-3-5-7-12)15-18(26)22-11(2)23-19(15)27/h3-9,13H,1-2H3,(H2,20,21,24,25)(H2,22,23,26,27)/b9-8+. The summed E-state index contributed by atoms with van der Waals surface area (Å²) >= 11 is 0. The first-order valence-electron chi connectivity index (χ1n) is 8.19. The van der Waals surface area contributed by atoms with Gasteiger partial charge in [0, 0.05) is 5.92 Å². The fourth-order valence-electron chi connectivity index (χ4n) is 2.83. The molecule has 0 unspecified atom stereocenters. The first kappa shape index (κ1) is 18.1. The lowest BCUT2D eigenvalue weighted by Gasteiger charge is -2.14. The van der Waals surface area contributed by atoms with Gasteiger partial charge < -0.3 is 20.2 Å². The molecule has 0 saturated carbocycles. The number of aromatic hydroxyl groups is 2. The highest BCUT2D eigenvalue weighted by Gasteiger charge is 2.27. The smallest absolute Gasteiger partial charge is 0.258 e. The minimum Gasteiger partial charge on any atom is -0.493 e. The molecule has 8 heteroatoms. The molecule has 4 N–H and O–H groups in total. The zero-order valence-corrected chi connectivity index (χ0v) is 14.7. The van der Waals surface area contributed by atoms with Crippen molar-refractivity contribution in [3.63, 3.8) is 0 Å². The Morgan fingerprint density at radius 2 is 1.37 bits per heavy atom. The minimum atomic E-state index is -1.06. The summed E-state index contributed by atoms with van der Waals surface area (Å²) in [5.41, 5.74) is -0.711. The van der Waals surface area contributed by atoms with Crippen LogP contribution < -0.4 is 11.1 Å². The van der Waals surface area contributed by atoms with E-state index in [1.165, 1.54) is 19.9 Å². The Morgan fingerprint density at radius 3 is 1.81 bits per heavy atom. The van der Waals surface area contributed by atoms with Gasteiger partial charge in [-0.15, -0.1) is 0 Å². The molecule has 3 rings (SSSR count). The van der Waals surface area contributed by atoms with Gasteiger partial charge in [0.2, 0.25) is 11.8 Å². The molecule has 0 spiro atoms. The van der Waals surface area contributed by atoms with Gasteiger partial charge in [-0.2, -0.15) is 0 Å². The molecule has 138 valence electrons. The first-order chi connectivity index (χ1) is 12.9. The summed E-state index contributed by atoms with van der Waals surface area (Å²) in [6, 6.07) is 9.20. The van der Waals surface area contributed by atoms with E-state index in [-0.39, 0.29) is 22.8 Å². The molecule has 0 fully saturated rings. The molecule has 0 atom stereocenters. The topological polar surface area (TPSA) is 132 Å². The van der Waals surface area contributed by atoms with Crippen LogP contribution in [0, 0.1) is 13.8 Å². The van der Waals surface area contributed by atoms with Crippen LogP contribution in [0.1, 0.15) is 34.3 Å². The molecular formula is C19H18N4O4. The highest BCUT2D eigenvalue weighted by atomic mass is 16.3. The van der Waals surface area contributed by atoms with E-state index in [0.717, 1.165) is 5.56 Å². The van der Waals surface area contributed by atoms with Crippen molar-refractivity contribution in [2.45, 2.75) is 19.8 Å². The predicted octanol–water partition coefficient (Wildman–Crippen LogP) is 1.73. The number of nitrogens with one attached hydrogen (secondary N) is 2. The van der Waals surface area contributed by atoms with E-state index in [0.29, 0.717) is 0 Å². The number of rotatable bonds is 4. The molecule has 1 aromatic carbocycles. The van der Waals surface area contributed by atoms with Crippen LogP contribution in [0.4, 0.5) is 0 Å². The van der Waals surface area contributed by atoms with Crippen LogP contribution in [-0.4, -0.2) is 30.1 Å². The zero-order valence-electron chi connectivity index (χ0n) is 14.7. The fourth-order valence-corrected chi connectivity index (χ4v) is 2.83. The molecule has 0 aliphatic rings. The summed E-state index contributed by atoms with van der Waals surface area (Å²) in [7, 11) is 0. The number of hydrogen-bond acceptors (Lipinski definition) is 6. The average Bonchev–Trinajstić information content (AvgIpc) is 2.58. The maximum Gasteiger partial charge on any atom is 0.258 e. The highest BCUT2D eigenvalue weighted by Crippen LogP contribution is 2.31. The van der Waals surface area contributed by atoms with Gasteiger partial charge in [0.05, 0.1) is 11.1 Å². The van der Waals surface area contributed by atoms with Gasteiger partial charge in [0.1, 0.15) is 11.6 Å². The third-order valence-corrected chi connectivity index (χ3v) is 4.01. The van der Waals surface area contributed by atoms with Crippen molar-refractivity contribution in [3.8, 4) is 11.8 Å². The summed E-state index contributed by atoms with van der Waals surface area (Å²) in [6.07, 6.45) is 3.22. The predicted molar refractivity (Wildman–Crippen MR) is 99.8 cm³/mol. The quantitative estimate of drug-likeness (QED) is 0.556. The van der Waals surface area contributed by atoms with Crippen molar-refractivity contribution in [1.82, 2.24) is 19.9 Å². The molecule has 3 aromatic rings. The Hall–Kier alpha value is -3.68. The minimum absolute atomic E-state index is 0.153. The molecular weight excluding hydrogens is 348 g/mol. The monoisotopic (exact) mass is 366 g/mol. The number of allylic oxidation sites excluding steroid dienone is 1. The molecule has 2 aromatic heterocycles. The largest absolute Gasteiger partial charge is 0.493 e. The molecule has 0 aliphatic heterocycles. The number of hydrogen-bond donors (Lipinski definition) is 4. The number of aromatic amines is 2. The maximum atomic E-state index is 12.5. The second kappa shape index (κ2) is 7.28. The average molecular weight is 366 g/mol. The van der Waals surface area contributed by atoms with Crippen molar-refractivity contribution in [2.24, 2.45) is 0 Å². The van der Waals surface area contributed by atoms with Crippen LogP contribution in [0.3, 0.4) is 0 Å². The second-order valence-electron chi connectivity index (χ2n) is 6.02. The first-order valence-corrected chi connectivity index (χ1v) is 8.19. The van der Waals surface area contributed by atoms with E-state index < -0.39 is 28.8 Å². The molecule has 0 saturated heterocycles. The molecule has 2 heterocycles. The summed E-state index contributed by atoms with van der Waals surface area (Å²) < 4.78 is 0. The van der Waals surface area contributed by atoms with E-state index in [9.17, 15) is 19.8 Å². The highest BCUT2D eigenvalue weighted by molar-refractivity contribution is 5.54. The SMILES string of the molecule is Cc1nc(O)c(C(/C=C/c2ccccc2)c2c(O)nc(C)[nH]c2=O)c(=O)[nH]1. The maximum absolute atomic E-state index is 12.5. The van der Waals surface area contributed by atoms with Crippen LogP contribution in [0.5, 0.6) is 11.8 Å². The molecule has 0 amide bonds. The van der Waals surface area contributed by atoms with Crippen LogP contribution in [0.15, 0.2) is 46.0 Å². The summed E-state index contributed by atoms with van der Waals surface area (Å²) in [6.45, 7) is 3.05. The van der Waals surface area contributed by atoms with Crippen LogP contribution in [0.2, 0.25) is 0 Å². The third kappa shape index (κ3) is 3.79. The molecule has 27 heavy (non-hydrogen) atoms. The molecule has 0 aliphatic carbocycles. The van der Waals surface area contributed by atoms with E-state index in [1.54, 1.807) is 6.08 Å². The molecule has 8 nitrogen and oxygen atoms in total. The summed E-state index contributed by atoms with van der Waals surface area (Å²) in [5, 5.41) is 20.5. The lowest BCUT2D eigenvalue weighted by Crippen LogP contribution is -2.24. The normalized spacial score (nSPS) is 11.4. The van der Waals surface area contributed by atoms with Gasteiger partial charge in [-0.1, -0.05) is 42.5 Å². The van der Waals surface area contributed by atoms with Gasteiger partial charge in [0.15, 0.2) is 0 Å². The van der Waals surface area contributed by atoms with Gasteiger partial charge in [-0.25, -0.2) is 9.97 Å². The number of benzene rings is 1. The molecule has 0 bridgehead atoms. The van der Waals surface area contributed by atoms with Crippen molar-refractivity contribution in [2.75, 3.05) is 0 Å². The Balaban J connectivity index is 2.24. The van der Waals surface area contributed by atoms with E-state index in [4.69, 9.17) is 0 Å². The lowest BCUT2D eigenvalue weighted by atomic mass is 9.92. The van der Waals surface area contributed by atoms with Crippen molar-refractivity contribution < 1.29 is 10.2 Å². The summed E-state index contributed by atoms with van der Waals surface area (Å²) in [5.74, 6) is -1.63. The number of nitrogens with zero attached hydrogens (tertiary/aromatic N) is 2. The Bertz CT molecular complexity index is 1050. The van der Waals surface area contributed by atoms with E-state index in [2.05, 4.69) is 19.9 Å². The van der Waals surface area contributed by atoms with E-state index >= 15 is 0 Å². The fraction of sp³-hybridized carbons (Fsp3) is 0.158. The number of H-pyrrole nitrogens is 2. The van der Waals surface area contributed by atoms with Crippen LogP contribution >= 0.6 is 0 Å². The van der Waals surface area contributed by atoms with Crippen molar-refractivity contribution in [3.05, 3.63) is 85.5 Å². The van der Waals surface area contributed by atoms with Crippen molar-refractivity contribution >= 4 is 6.08 Å². The van der Waals surface area contributed by atoms with Crippen molar-refractivity contribution in [1.29, 1.82) is 0 Å². The van der Waals surface area contributed by atoms with Gasteiger partial charge >= 0.3 is 0 Å². The van der Waals surface area contributed by atoms with E-state index in [1.807, 2.05) is 30.3 Å². The Labute approximate surface area is 153 Å². The Morgan fingerprint density at radius 1 is 0.889 bits per heavy atom. The lowest BCUT2D eigenvalue weighted by molar-refractivity contribution is 0.431. The number of aromatic nitrogens is 4. The van der Waals surface area contributed by atoms with Crippen LogP contribution in [-0.2, 0) is 0 Å². The van der Waals surface area contributed by atoms with Gasteiger partial charge in [0.25, 0.3) is 11.1 Å².